The molecule has 2 atom stereocenters. The van der Waals surface area contributed by atoms with E-state index in [-0.39, 0.29) is 17.9 Å². The van der Waals surface area contributed by atoms with E-state index in [4.69, 9.17) is 4.74 Å². The van der Waals surface area contributed by atoms with Gasteiger partial charge in [-0.1, -0.05) is 12.1 Å². The summed E-state index contributed by atoms with van der Waals surface area (Å²) in [5.74, 6) is 1.42. The van der Waals surface area contributed by atoms with Crippen LogP contribution in [0.1, 0.15) is 35.7 Å². The van der Waals surface area contributed by atoms with Crippen molar-refractivity contribution in [2.24, 2.45) is 0 Å². The van der Waals surface area contributed by atoms with E-state index < -0.39 is 6.04 Å². The Kier molecular flexibility index (Phi) is 4.60. The van der Waals surface area contributed by atoms with Crippen LogP contribution in [0, 0.1) is 6.92 Å². The van der Waals surface area contributed by atoms with Crippen LogP contribution in [0.2, 0.25) is 0 Å². The zero-order chi connectivity index (χ0) is 19.0. The third-order valence-corrected chi connectivity index (χ3v) is 5.48. The number of rotatable bonds is 3. The molecule has 0 bridgehead atoms. The number of piperazine rings is 1. The molecule has 2 aromatic rings. The number of aryl methyl sites for hydroxylation is 1. The van der Waals surface area contributed by atoms with Crippen LogP contribution in [0.25, 0.3) is 0 Å². The van der Waals surface area contributed by atoms with E-state index in [1.165, 1.54) is 0 Å². The molecule has 2 aromatic carbocycles. The predicted octanol–water partition coefficient (Wildman–Crippen LogP) is 3.62. The fourth-order valence-corrected chi connectivity index (χ4v) is 3.98. The Bertz CT molecular complexity index is 862. The van der Waals surface area contributed by atoms with Crippen LogP contribution in [-0.2, 0) is 4.79 Å². The van der Waals surface area contributed by atoms with Gasteiger partial charge in [-0.05, 0) is 68.7 Å². The first-order chi connectivity index (χ1) is 13.0. The van der Waals surface area contributed by atoms with Crippen molar-refractivity contribution >= 4 is 11.8 Å². The highest BCUT2D eigenvalue weighted by Gasteiger charge is 2.42. The highest BCUT2D eigenvalue weighted by molar-refractivity contribution is 5.98. The molecule has 0 N–H and O–H groups in total. The van der Waals surface area contributed by atoms with Crippen molar-refractivity contribution in [2.75, 3.05) is 13.1 Å². The van der Waals surface area contributed by atoms with E-state index in [0.717, 1.165) is 30.7 Å². The first kappa shape index (κ1) is 17.6. The lowest BCUT2D eigenvalue weighted by atomic mass is 10.1. The van der Waals surface area contributed by atoms with Crippen molar-refractivity contribution in [3.8, 4) is 11.5 Å². The second-order valence-electron chi connectivity index (χ2n) is 7.40. The Morgan fingerprint density at radius 3 is 2.63 bits per heavy atom. The molecule has 2 aliphatic rings. The molecule has 2 heterocycles. The summed E-state index contributed by atoms with van der Waals surface area (Å²) in [6.45, 7) is 5.28. The summed E-state index contributed by atoms with van der Waals surface area (Å²) < 4.78 is 5.85. The average molecular weight is 364 g/mol. The van der Waals surface area contributed by atoms with Gasteiger partial charge in [0.25, 0.3) is 5.91 Å². The number of hydrogen-bond donors (Lipinski definition) is 0. The van der Waals surface area contributed by atoms with Crippen molar-refractivity contribution in [2.45, 2.75) is 38.8 Å². The van der Waals surface area contributed by atoms with Crippen LogP contribution in [0.15, 0.2) is 48.5 Å². The molecule has 140 valence electrons. The number of carbonyl (C=O) groups is 2. The van der Waals surface area contributed by atoms with E-state index in [9.17, 15) is 9.59 Å². The van der Waals surface area contributed by atoms with Gasteiger partial charge < -0.3 is 14.5 Å². The molecule has 4 rings (SSSR count). The van der Waals surface area contributed by atoms with Gasteiger partial charge in [0.1, 0.15) is 17.5 Å². The van der Waals surface area contributed by atoms with Crippen LogP contribution in [0.3, 0.4) is 0 Å². The maximum atomic E-state index is 13.0. The van der Waals surface area contributed by atoms with Crippen LogP contribution >= 0.6 is 0 Å². The zero-order valence-electron chi connectivity index (χ0n) is 15.7. The van der Waals surface area contributed by atoms with E-state index >= 15 is 0 Å². The number of nitrogens with zero attached hydrogens (tertiary/aromatic N) is 2. The van der Waals surface area contributed by atoms with Crippen molar-refractivity contribution < 1.29 is 14.3 Å². The average Bonchev–Trinajstić information content (AvgIpc) is 3.14. The maximum absolute atomic E-state index is 13.0. The number of amides is 2. The van der Waals surface area contributed by atoms with Gasteiger partial charge in [0, 0.05) is 24.7 Å². The molecule has 5 heteroatoms. The molecule has 27 heavy (non-hydrogen) atoms. The third-order valence-electron chi connectivity index (χ3n) is 5.48. The second kappa shape index (κ2) is 7.06. The topological polar surface area (TPSA) is 49.9 Å². The van der Waals surface area contributed by atoms with Gasteiger partial charge in [0.2, 0.25) is 5.91 Å². The second-order valence-corrected chi connectivity index (χ2v) is 7.40. The van der Waals surface area contributed by atoms with Crippen molar-refractivity contribution in [3.63, 3.8) is 0 Å². The SMILES string of the molecule is Cc1cccc(Oc2ccc(C(=O)N3C[C@H]4CCCN4C(=O)[C@@H]3C)cc2)c1. The highest BCUT2D eigenvalue weighted by atomic mass is 16.5. The first-order valence-electron chi connectivity index (χ1n) is 9.49. The molecule has 0 saturated carbocycles. The van der Waals surface area contributed by atoms with Crippen molar-refractivity contribution in [3.05, 3.63) is 59.7 Å². The van der Waals surface area contributed by atoms with Crippen molar-refractivity contribution in [1.29, 1.82) is 0 Å². The summed E-state index contributed by atoms with van der Waals surface area (Å²) in [7, 11) is 0. The fourth-order valence-electron chi connectivity index (χ4n) is 3.98. The minimum Gasteiger partial charge on any atom is -0.457 e. The summed E-state index contributed by atoms with van der Waals surface area (Å²) in [4.78, 5) is 29.2. The molecule has 0 aliphatic carbocycles. The molecule has 0 spiro atoms. The Balaban J connectivity index is 1.48. The van der Waals surface area contributed by atoms with Crippen LogP contribution in [0.5, 0.6) is 11.5 Å². The zero-order valence-corrected chi connectivity index (χ0v) is 15.7. The molecule has 0 radical (unpaired) electrons. The maximum Gasteiger partial charge on any atom is 0.254 e. The van der Waals surface area contributed by atoms with E-state index in [1.54, 1.807) is 29.2 Å². The van der Waals surface area contributed by atoms with Gasteiger partial charge in [0.05, 0.1) is 0 Å². The predicted molar refractivity (Wildman–Crippen MR) is 103 cm³/mol. The molecule has 2 aliphatic heterocycles. The van der Waals surface area contributed by atoms with Gasteiger partial charge in [-0.15, -0.1) is 0 Å². The summed E-state index contributed by atoms with van der Waals surface area (Å²) in [5, 5.41) is 0. The van der Waals surface area contributed by atoms with E-state index in [2.05, 4.69) is 0 Å². The fraction of sp³-hybridized carbons (Fsp3) is 0.364. The van der Waals surface area contributed by atoms with Gasteiger partial charge in [-0.3, -0.25) is 9.59 Å². The smallest absolute Gasteiger partial charge is 0.254 e. The minimum atomic E-state index is -0.407. The lowest BCUT2D eigenvalue weighted by Gasteiger charge is -2.41. The Morgan fingerprint density at radius 1 is 1.11 bits per heavy atom. The summed E-state index contributed by atoms with van der Waals surface area (Å²) in [6.07, 6.45) is 2.00. The van der Waals surface area contributed by atoms with Gasteiger partial charge in [0.15, 0.2) is 0 Å². The van der Waals surface area contributed by atoms with Gasteiger partial charge in [-0.25, -0.2) is 0 Å². The van der Waals surface area contributed by atoms with Crippen LogP contribution in [0.4, 0.5) is 0 Å². The lowest BCUT2D eigenvalue weighted by molar-refractivity contribution is -0.141. The third kappa shape index (κ3) is 3.42. The number of fused-ring (bicyclic) bond motifs is 1. The standard InChI is InChI=1S/C22H24N2O3/c1-15-5-3-7-20(13-15)27-19-10-8-17(9-11-19)22(26)24-14-18-6-4-12-23(18)21(25)16(24)2/h3,5,7-11,13,16,18H,4,6,12,14H2,1-2H3/t16-,18+/m0/s1. The number of ether oxygens (including phenoxy) is 1. The normalized spacial score (nSPS) is 21.9. The van der Waals surface area contributed by atoms with E-state index in [0.29, 0.717) is 17.9 Å². The summed E-state index contributed by atoms with van der Waals surface area (Å²) >= 11 is 0. The molecule has 0 aromatic heterocycles. The number of hydrogen-bond acceptors (Lipinski definition) is 3. The quantitative estimate of drug-likeness (QED) is 0.836. The lowest BCUT2D eigenvalue weighted by Crippen LogP contribution is -2.60. The number of carbonyl (C=O) groups excluding carboxylic acids is 2. The first-order valence-corrected chi connectivity index (χ1v) is 9.49. The monoisotopic (exact) mass is 364 g/mol. The van der Waals surface area contributed by atoms with E-state index in [1.807, 2.05) is 43.0 Å². The molecular weight excluding hydrogens is 340 g/mol. The Labute approximate surface area is 159 Å². The van der Waals surface area contributed by atoms with Crippen molar-refractivity contribution in [1.82, 2.24) is 9.80 Å². The van der Waals surface area contributed by atoms with Gasteiger partial charge in [-0.2, -0.15) is 0 Å². The Morgan fingerprint density at radius 2 is 1.89 bits per heavy atom. The molecular formula is C22H24N2O3. The summed E-state index contributed by atoms with van der Waals surface area (Å²) in [6, 6.07) is 14.7. The number of benzene rings is 2. The Hall–Kier alpha value is -2.82. The molecule has 2 amide bonds. The van der Waals surface area contributed by atoms with Crippen LogP contribution < -0.4 is 4.74 Å². The molecule has 2 saturated heterocycles. The molecule has 2 fully saturated rings. The largest absolute Gasteiger partial charge is 0.457 e. The molecule has 5 nitrogen and oxygen atoms in total. The summed E-state index contributed by atoms with van der Waals surface area (Å²) in [5.41, 5.74) is 1.71. The minimum absolute atomic E-state index is 0.0662. The highest BCUT2D eigenvalue weighted by Crippen LogP contribution is 2.28. The van der Waals surface area contributed by atoms with Crippen LogP contribution in [-0.4, -0.2) is 46.8 Å². The molecule has 0 unspecified atom stereocenters. The van der Waals surface area contributed by atoms with Gasteiger partial charge >= 0.3 is 0 Å².